The quantitative estimate of drug-likeness (QED) is 0.678. The van der Waals surface area contributed by atoms with Crippen LogP contribution in [0.15, 0.2) is 27.8 Å². The number of rotatable bonds is 4. The summed E-state index contributed by atoms with van der Waals surface area (Å²) in [5, 5.41) is 9.86. The van der Waals surface area contributed by atoms with E-state index in [0.29, 0.717) is 22.9 Å². The predicted octanol–water partition coefficient (Wildman–Crippen LogP) is 4.33. The van der Waals surface area contributed by atoms with Crippen LogP contribution in [-0.2, 0) is 4.79 Å². The number of hydrogen-bond acceptors (Lipinski definition) is 5. The normalized spacial score (nSPS) is 17.6. The number of nitrogens with zero attached hydrogens (tertiary/aromatic N) is 3. The van der Waals surface area contributed by atoms with E-state index in [1.165, 1.54) is 23.7 Å². The maximum Gasteiger partial charge on any atom is 0.277 e. The topological polar surface area (TPSA) is 75.0 Å². The molecule has 1 fully saturated rings. The van der Waals surface area contributed by atoms with Crippen molar-refractivity contribution in [2.45, 2.75) is 51.3 Å². The van der Waals surface area contributed by atoms with E-state index in [0.717, 1.165) is 41.5 Å². The van der Waals surface area contributed by atoms with Crippen LogP contribution in [0.3, 0.4) is 0 Å². The maximum absolute atomic E-state index is 12.5. The summed E-state index contributed by atoms with van der Waals surface area (Å²) in [5.74, 6) is 0.962. The Morgan fingerprint density at radius 2 is 2.19 bits per heavy atom. The van der Waals surface area contributed by atoms with Crippen molar-refractivity contribution in [3.8, 4) is 11.5 Å². The lowest BCUT2D eigenvalue weighted by Gasteiger charge is -2.33. The third kappa shape index (κ3) is 3.60. The highest BCUT2D eigenvalue weighted by Gasteiger charge is 2.23. The molecule has 1 unspecified atom stereocenters. The van der Waals surface area contributed by atoms with Gasteiger partial charge < -0.3 is 14.3 Å². The fraction of sp³-hybridized carbons (Fsp3) is 0.450. The SMILES string of the molecule is Cc1[nH]c2ccc(-c3nnc(SCC(=O)N4CCCCC4C)o3)cc2c1C. The van der Waals surface area contributed by atoms with Crippen LogP contribution < -0.4 is 0 Å². The number of likely N-dealkylation sites (tertiary alicyclic amines) is 1. The molecule has 0 bridgehead atoms. The van der Waals surface area contributed by atoms with Gasteiger partial charge in [0.1, 0.15) is 0 Å². The number of fused-ring (bicyclic) bond motifs is 1. The number of hydrogen-bond donors (Lipinski definition) is 1. The Bertz CT molecular complexity index is 978. The minimum atomic E-state index is 0.145. The van der Waals surface area contributed by atoms with Gasteiger partial charge in [0.15, 0.2) is 0 Å². The zero-order valence-electron chi connectivity index (χ0n) is 15.9. The van der Waals surface area contributed by atoms with Crippen LogP contribution in [0, 0.1) is 13.8 Å². The number of carbonyl (C=O) groups excluding carboxylic acids is 1. The molecule has 1 amide bonds. The molecule has 27 heavy (non-hydrogen) atoms. The minimum absolute atomic E-state index is 0.145. The van der Waals surface area contributed by atoms with Gasteiger partial charge in [-0.3, -0.25) is 4.79 Å². The molecule has 0 radical (unpaired) electrons. The molecule has 1 aliphatic rings. The lowest BCUT2D eigenvalue weighted by Crippen LogP contribution is -2.42. The summed E-state index contributed by atoms with van der Waals surface area (Å²) in [4.78, 5) is 17.8. The van der Waals surface area contributed by atoms with Gasteiger partial charge >= 0.3 is 0 Å². The van der Waals surface area contributed by atoms with E-state index < -0.39 is 0 Å². The Labute approximate surface area is 162 Å². The zero-order chi connectivity index (χ0) is 19.0. The van der Waals surface area contributed by atoms with E-state index in [9.17, 15) is 4.79 Å². The van der Waals surface area contributed by atoms with Crippen LogP contribution >= 0.6 is 11.8 Å². The van der Waals surface area contributed by atoms with Gasteiger partial charge in [-0.15, -0.1) is 10.2 Å². The summed E-state index contributed by atoms with van der Waals surface area (Å²) in [5.41, 5.74) is 4.38. The van der Waals surface area contributed by atoms with Gasteiger partial charge in [0, 0.05) is 34.7 Å². The van der Waals surface area contributed by atoms with Crippen LogP contribution in [0.2, 0.25) is 0 Å². The summed E-state index contributed by atoms with van der Waals surface area (Å²) in [6, 6.07) is 6.39. The van der Waals surface area contributed by atoms with Crippen molar-refractivity contribution in [2.75, 3.05) is 12.3 Å². The van der Waals surface area contributed by atoms with E-state index in [1.54, 1.807) is 0 Å². The molecule has 1 aromatic carbocycles. The second-order valence-electron chi connectivity index (χ2n) is 7.23. The number of H-pyrrole nitrogens is 1. The van der Waals surface area contributed by atoms with Crippen LogP contribution in [0.25, 0.3) is 22.4 Å². The highest BCUT2D eigenvalue weighted by atomic mass is 32.2. The molecular formula is C20H24N4O2S. The van der Waals surface area contributed by atoms with Crippen LogP contribution in [0.4, 0.5) is 0 Å². The lowest BCUT2D eigenvalue weighted by molar-refractivity contribution is -0.131. The Morgan fingerprint density at radius 1 is 1.33 bits per heavy atom. The fourth-order valence-electron chi connectivity index (χ4n) is 3.65. The van der Waals surface area contributed by atoms with Crippen molar-refractivity contribution in [2.24, 2.45) is 0 Å². The van der Waals surface area contributed by atoms with E-state index in [1.807, 2.05) is 17.0 Å². The van der Waals surface area contributed by atoms with Gasteiger partial charge in [-0.2, -0.15) is 0 Å². The number of carbonyl (C=O) groups is 1. The Balaban J connectivity index is 1.45. The second kappa shape index (κ2) is 7.38. The van der Waals surface area contributed by atoms with Crippen LogP contribution in [-0.4, -0.2) is 44.3 Å². The summed E-state index contributed by atoms with van der Waals surface area (Å²) in [6.07, 6.45) is 3.38. The van der Waals surface area contributed by atoms with Gasteiger partial charge in [0.2, 0.25) is 11.8 Å². The molecular weight excluding hydrogens is 360 g/mol. The number of aryl methyl sites for hydroxylation is 2. The fourth-order valence-corrected chi connectivity index (χ4v) is 4.30. The monoisotopic (exact) mass is 384 g/mol. The number of nitrogens with one attached hydrogen (secondary N) is 1. The largest absolute Gasteiger partial charge is 0.411 e. The highest BCUT2D eigenvalue weighted by Crippen LogP contribution is 2.29. The standard InChI is InChI=1S/C20H24N4O2S/c1-12-6-4-5-9-24(12)18(25)11-27-20-23-22-19(26-20)15-7-8-17-16(10-15)13(2)14(3)21-17/h7-8,10,12,21H,4-6,9,11H2,1-3H3. The summed E-state index contributed by atoms with van der Waals surface area (Å²) in [7, 11) is 0. The van der Waals surface area contributed by atoms with Gasteiger partial charge in [0.05, 0.1) is 5.75 Å². The molecule has 0 saturated carbocycles. The van der Waals surface area contributed by atoms with Gasteiger partial charge in [0.25, 0.3) is 5.22 Å². The number of aromatic nitrogens is 3. The molecule has 2 aromatic heterocycles. The molecule has 1 saturated heterocycles. The molecule has 7 heteroatoms. The molecule has 3 aromatic rings. The van der Waals surface area contributed by atoms with E-state index in [2.05, 4.69) is 42.0 Å². The summed E-state index contributed by atoms with van der Waals surface area (Å²) < 4.78 is 5.79. The number of aromatic amines is 1. The summed E-state index contributed by atoms with van der Waals surface area (Å²) in [6.45, 7) is 7.13. The van der Waals surface area contributed by atoms with Crippen molar-refractivity contribution in [1.29, 1.82) is 0 Å². The van der Waals surface area contributed by atoms with Crippen molar-refractivity contribution in [3.05, 3.63) is 29.5 Å². The first-order valence-electron chi connectivity index (χ1n) is 9.38. The Hall–Kier alpha value is -2.28. The van der Waals surface area contributed by atoms with Crippen LogP contribution in [0.1, 0.15) is 37.4 Å². The Morgan fingerprint density at radius 3 is 3.00 bits per heavy atom. The average molecular weight is 385 g/mol. The third-order valence-corrected chi connectivity index (χ3v) is 6.21. The lowest BCUT2D eigenvalue weighted by atomic mass is 10.0. The first kappa shape index (κ1) is 18.1. The van der Waals surface area contributed by atoms with Gasteiger partial charge in [-0.1, -0.05) is 11.8 Å². The van der Waals surface area contributed by atoms with E-state index in [4.69, 9.17) is 4.42 Å². The van der Waals surface area contributed by atoms with Crippen molar-refractivity contribution < 1.29 is 9.21 Å². The van der Waals surface area contributed by atoms with E-state index in [-0.39, 0.29) is 5.91 Å². The molecule has 0 spiro atoms. The van der Waals surface area contributed by atoms with Crippen molar-refractivity contribution >= 4 is 28.6 Å². The van der Waals surface area contributed by atoms with Crippen molar-refractivity contribution in [3.63, 3.8) is 0 Å². The number of amides is 1. The predicted molar refractivity (Wildman–Crippen MR) is 107 cm³/mol. The van der Waals surface area contributed by atoms with Crippen molar-refractivity contribution in [1.82, 2.24) is 20.1 Å². The Kier molecular flexibility index (Phi) is 4.95. The molecule has 3 heterocycles. The molecule has 0 aliphatic carbocycles. The molecule has 1 N–H and O–H groups in total. The molecule has 1 aliphatic heterocycles. The molecule has 6 nitrogen and oxygen atoms in total. The van der Waals surface area contributed by atoms with Crippen LogP contribution in [0.5, 0.6) is 0 Å². The number of piperidine rings is 1. The third-order valence-electron chi connectivity index (χ3n) is 5.40. The molecule has 142 valence electrons. The molecule has 4 rings (SSSR count). The maximum atomic E-state index is 12.5. The van der Waals surface area contributed by atoms with Gasteiger partial charge in [-0.05, 0) is 63.8 Å². The average Bonchev–Trinajstić information content (AvgIpc) is 3.25. The van der Waals surface area contributed by atoms with Gasteiger partial charge in [-0.25, -0.2) is 0 Å². The number of benzene rings is 1. The zero-order valence-corrected chi connectivity index (χ0v) is 16.7. The second-order valence-corrected chi connectivity index (χ2v) is 8.16. The smallest absolute Gasteiger partial charge is 0.277 e. The van der Waals surface area contributed by atoms with E-state index >= 15 is 0 Å². The number of thioether (sulfide) groups is 1. The minimum Gasteiger partial charge on any atom is -0.411 e. The first-order valence-corrected chi connectivity index (χ1v) is 10.4. The highest BCUT2D eigenvalue weighted by molar-refractivity contribution is 7.99. The first-order chi connectivity index (χ1) is 13.0. The summed E-state index contributed by atoms with van der Waals surface area (Å²) >= 11 is 1.31. The molecule has 1 atom stereocenters.